The number of nitrogens with one attached hydrogen (secondary N) is 1. The topological polar surface area (TPSA) is 32.3 Å². The second-order valence-corrected chi connectivity index (χ2v) is 8.92. The van der Waals surface area contributed by atoms with E-state index in [0.29, 0.717) is 0 Å². The molecule has 2 rings (SSSR count). The SMILES string of the molecule is CCCCCCCCNC(C)C(O)c1ccc(SC2CCCC2)cc1. The molecule has 2 N–H and O–H groups in total. The Hall–Kier alpha value is -0.510. The first-order chi connectivity index (χ1) is 12.2. The predicted octanol–water partition coefficient (Wildman–Crippen LogP) is 6.09. The van der Waals surface area contributed by atoms with E-state index in [9.17, 15) is 5.11 Å². The van der Waals surface area contributed by atoms with Crippen LogP contribution in [0.1, 0.15) is 89.7 Å². The third-order valence-electron chi connectivity index (χ3n) is 5.30. The molecule has 0 saturated heterocycles. The zero-order valence-corrected chi connectivity index (χ0v) is 17.0. The number of hydrogen-bond donors (Lipinski definition) is 2. The quantitative estimate of drug-likeness (QED) is 0.440. The Morgan fingerprint density at radius 2 is 1.68 bits per heavy atom. The molecule has 1 saturated carbocycles. The molecule has 1 fully saturated rings. The molecule has 0 bridgehead atoms. The van der Waals surface area contributed by atoms with Crippen molar-refractivity contribution in [3.63, 3.8) is 0 Å². The second-order valence-electron chi connectivity index (χ2n) is 7.55. The second kappa shape index (κ2) is 12.0. The summed E-state index contributed by atoms with van der Waals surface area (Å²) >= 11 is 2.01. The van der Waals surface area contributed by atoms with Gasteiger partial charge in [-0.15, -0.1) is 11.8 Å². The summed E-state index contributed by atoms with van der Waals surface area (Å²) in [5, 5.41) is 14.9. The third kappa shape index (κ3) is 7.72. The van der Waals surface area contributed by atoms with E-state index in [0.717, 1.165) is 17.4 Å². The number of rotatable bonds is 12. The smallest absolute Gasteiger partial charge is 0.0940 e. The number of thioether (sulfide) groups is 1. The average Bonchev–Trinajstić information content (AvgIpc) is 3.14. The number of hydrogen-bond acceptors (Lipinski definition) is 3. The summed E-state index contributed by atoms with van der Waals surface area (Å²) in [4.78, 5) is 1.34. The summed E-state index contributed by atoms with van der Waals surface area (Å²) in [6.07, 6.45) is 12.9. The lowest BCUT2D eigenvalue weighted by atomic mass is 10.0. The molecule has 1 aromatic rings. The van der Waals surface area contributed by atoms with Gasteiger partial charge >= 0.3 is 0 Å². The Labute approximate surface area is 159 Å². The molecule has 2 unspecified atom stereocenters. The molecule has 0 aliphatic heterocycles. The van der Waals surface area contributed by atoms with Gasteiger partial charge in [0.2, 0.25) is 0 Å². The van der Waals surface area contributed by atoms with Gasteiger partial charge < -0.3 is 10.4 Å². The molecular weight excluding hydrogens is 326 g/mol. The number of unbranched alkanes of at least 4 members (excludes halogenated alkanes) is 5. The van der Waals surface area contributed by atoms with Crippen molar-refractivity contribution in [3.8, 4) is 0 Å². The third-order valence-corrected chi connectivity index (χ3v) is 6.65. The highest BCUT2D eigenvalue weighted by Gasteiger charge is 2.18. The Morgan fingerprint density at radius 1 is 1.04 bits per heavy atom. The van der Waals surface area contributed by atoms with Crippen LogP contribution in [0.4, 0.5) is 0 Å². The highest BCUT2D eigenvalue weighted by molar-refractivity contribution is 8.00. The minimum Gasteiger partial charge on any atom is -0.387 e. The number of aliphatic hydroxyl groups excluding tert-OH is 1. The molecule has 2 nitrogen and oxygen atoms in total. The van der Waals surface area contributed by atoms with Crippen LogP contribution < -0.4 is 5.32 Å². The lowest BCUT2D eigenvalue weighted by Crippen LogP contribution is -2.32. The van der Waals surface area contributed by atoms with Crippen LogP contribution in [0.3, 0.4) is 0 Å². The van der Waals surface area contributed by atoms with Gasteiger partial charge in [0.25, 0.3) is 0 Å². The first-order valence-electron chi connectivity index (χ1n) is 10.4. The zero-order chi connectivity index (χ0) is 17.9. The van der Waals surface area contributed by atoms with E-state index in [1.54, 1.807) is 0 Å². The molecule has 0 radical (unpaired) electrons. The van der Waals surface area contributed by atoms with Gasteiger partial charge in [-0.1, -0.05) is 64.0 Å². The molecule has 142 valence electrons. The molecule has 1 aliphatic carbocycles. The maximum Gasteiger partial charge on any atom is 0.0940 e. The zero-order valence-electron chi connectivity index (χ0n) is 16.2. The maximum atomic E-state index is 10.6. The standard InChI is InChI=1S/C22H37NOS/c1-3-4-5-6-7-10-17-23-18(2)22(24)19-13-15-21(16-14-19)25-20-11-8-9-12-20/h13-16,18,20,22-24H,3-12,17H2,1-2H3. The van der Waals surface area contributed by atoms with E-state index in [-0.39, 0.29) is 6.04 Å². The van der Waals surface area contributed by atoms with E-state index < -0.39 is 6.10 Å². The molecule has 0 heterocycles. The summed E-state index contributed by atoms with van der Waals surface area (Å²) in [5.41, 5.74) is 1.03. The monoisotopic (exact) mass is 363 g/mol. The van der Waals surface area contributed by atoms with Crippen LogP contribution in [0.5, 0.6) is 0 Å². The van der Waals surface area contributed by atoms with Crippen LogP contribution in [-0.4, -0.2) is 22.9 Å². The molecule has 2 atom stereocenters. The van der Waals surface area contributed by atoms with E-state index in [2.05, 4.69) is 43.4 Å². The summed E-state index contributed by atoms with van der Waals surface area (Å²) in [6, 6.07) is 8.67. The molecule has 0 aromatic heterocycles. The van der Waals surface area contributed by atoms with Gasteiger partial charge in [-0.25, -0.2) is 0 Å². The van der Waals surface area contributed by atoms with Crippen LogP contribution >= 0.6 is 11.8 Å². The lowest BCUT2D eigenvalue weighted by Gasteiger charge is -2.21. The van der Waals surface area contributed by atoms with Crippen molar-refractivity contribution in [2.75, 3.05) is 6.54 Å². The largest absolute Gasteiger partial charge is 0.387 e. The molecule has 0 spiro atoms. The molecular formula is C22H37NOS. The fourth-order valence-corrected chi connectivity index (χ4v) is 4.82. The van der Waals surface area contributed by atoms with Crippen LogP contribution in [0.2, 0.25) is 0 Å². The Balaban J connectivity index is 1.67. The predicted molar refractivity (Wildman–Crippen MR) is 110 cm³/mol. The van der Waals surface area contributed by atoms with Gasteiger partial charge in [0, 0.05) is 16.2 Å². The first-order valence-corrected chi connectivity index (χ1v) is 11.3. The summed E-state index contributed by atoms with van der Waals surface area (Å²) in [6.45, 7) is 5.34. The van der Waals surface area contributed by atoms with Gasteiger partial charge in [-0.05, 0) is 50.4 Å². The van der Waals surface area contributed by atoms with Crippen molar-refractivity contribution in [3.05, 3.63) is 29.8 Å². The minimum absolute atomic E-state index is 0.101. The molecule has 0 amide bonds. The molecule has 1 aromatic carbocycles. The Kier molecular flexibility index (Phi) is 9.97. The van der Waals surface area contributed by atoms with Gasteiger partial charge in [-0.3, -0.25) is 0 Å². The van der Waals surface area contributed by atoms with Crippen molar-refractivity contribution in [2.24, 2.45) is 0 Å². The fourth-order valence-electron chi connectivity index (χ4n) is 3.58. The molecule has 1 aliphatic rings. The molecule has 3 heteroatoms. The van der Waals surface area contributed by atoms with E-state index in [1.165, 1.54) is 69.1 Å². The summed E-state index contributed by atoms with van der Waals surface area (Å²) in [5.74, 6) is 0. The van der Waals surface area contributed by atoms with Crippen molar-refractivity contribution in [1.29, 1.82) is 0 Å². The van der Waals surface area contributed by atoms with Crippen molar-refractivity contribution in [2.45, 2.75) is 100 Å². The maximum absolute atomic E-state index is 10.6. The molecule has 25 heavy (non-hydrogen) atoms. The number of aliphatic hydroxyl groups is 1. The Morgan fingerprint density at radius 3 is 2.36 bits per heavy atom. The summed E-state index contributed by atoms with van der Waals surface area (Å²) < 4.78 is 0. The van der Waals surface area contributed by atoms with Crippen LogP contribution in [0, 0.1) is 0 Å². The highest BCUT2D eigenvalue weighted by atomic mass is 32.2. The van der Waals surface area contributed by atoms with Crippen molar-refractivity contribution < 1.29 is 5.11 Å². The highest BCUT2D eigenvalue weighted by Crippen LogP contribution is 2.35. The lowest BCUT2D eigenvalue weighted by molar-refractivity contribution is 0.136. The van der Waals surface area contributed by atoms with E-state index >= 15 is 0 Å². The fraction of sp³-hybridized carbons (Fsp3) is 0.727. The van der Waals surface area contributed by atoms with Gasteiger partial charge in [-0.2, -0.15) is 0 Å². The van der Waals surface area contributed by atoms with Gasteiger partial charge in [0.15, 0.2) is 0 Å². The van der Waals surface area contributed by atoms with Crippen LogP contribution in [0.15, 0.2) is 29.2 Å². The van der Waals surface area contributed by atoms with E-state index in [4.69, 9.17) is 0 Å². The van der Waals surface area contributed by atoms with Crippen LogP contribution in [-0.2, 0) is 0 Å². The van der Waals surface area contributed by atoms with E-state index in [1.807, 2.05) is 11.8 Å². The minimum atomic E-state index is -0.425. The first kappa shape index (κ1) is 20.8. The van der Waals surface area contributed by atoms with Gasteiger partial charge in [0.1, 0.15) is 0 Å². The summed E-state index contributed by atoms with van der Waals surface area (Å²) in [7, 11) is 0. The van der Waals surface area contributed by atoms with Gasteiger partial charge in [0.05, 0.1) is 6.10 Å². The Bertz CT molecular complexity index is 456. The average molecular weight is 364 g/mol. The van der Waals surface area contributed by atoms with Crippen molar-refractivity contribution >= 4 is 11.8 Å². The van der Waals surface area contributed by atoms with Crippen LogP contribution in [0.25, 0.3) is 0 Å². The normalized spacial score (nSPS) is 17.7. The van der Waals surface area contributed by atoms with Crippen molar-refractivity contribution in [1.82, 2.24) is 5.32 Å². The number of benzene rings is 1.